The predicted octanol–water partition coefficient (Wildman–Crippen LogP) is 0.391. The van der Waals surface area contributed by atoms with Crippen LogP contribution in [0.4, 0.5) is 0 Å². The number of hydrogen-bond donors (Lipinski definition) is 2. The van der Waals surface area contributed by atoms with Gasteiger partial charge in [-0.05, 0) is 31.4 Å². The molecule has 1 saturated heterocycles. The molecule has 1 aliphatic carbocycles. The van der Waals surface area contributed by atoms with Crippen LogP contribution in [0.25, 0.3) is 0 Å². The Hall–Kier alpha value is -2.12. The van der Waals surface area contributed by atoms with Crippen LogP contribution in [0.15, 0.2) is 24.3 Å². The third-order valence-corrected chi connectivity index (χ3v) is 5.87. The number of rotatable bonds is 7. The molecule has 2 atom stereocenters. The average molecular weight is 386 g/mol. The third-order valence-electron chi connectivity index (χ3n) is 5.87. The van der Waals surface area contributed by atoms with E-state index in [1.807, 2.05) is 25.1 Å². The van der Waals surface area contributed by atoms with Crippen molar-refractivity contribution in [2.45, 2.75) is 44.4 Å². The Morgan fingerprint density at radius 1 is 1.18 bits per heavy atom. The van der Waals surface area contributed by atoms with Crippen LogP contribution in [-0.4, -0.2) is 79.1 Å². The summed E-state index contributed by atoms with van der Waals surface area (Å²) in [7, 11) is 0. The SMILES string of the molecule is CC(C(=O)NC1CC1)N1CCN(CC(=O)NCC2Cc3ccccc3O2)CC1. The lowest BCUT2D eigenvalue weighted by Gasteiger charge is -2.37. The summed E-state index contributed by atoms with van der Waals surface area (Å²) in [6, 6.07) is 8.33. The Labute approximate surface area is 166 Å². The van der Waals surface area contributed by atoms with Gasteiger partial charge in [-0.3, -0.25) is 19.4 Å². The smallest absolute Gasteiger partial charge is 0.237 e. The van der Waals surface area contributed by atoms with Crippen LogP contribution in [-0.2, 0) is 16.0 Å². The maximum atomic E-state index is 12.3. The molecule has 1 aromatic rings. The monoisotopic (exact) mass is 386 g/mol. The molecule has 28 heavy (non-hydrogen) atoms. The first kappa shape index (κ1) is 19.2. The minimum absolute atomic E-state index is 0.0176. The van der Waals surface area contributed by atoms with Crippen LogP contribution in [0.5, 0.6) is 5.75 Å². The zero-order valence-electron chi connectivity index (χ0n) is 16.5. The minimum Gasteiger partial charge on any atom is -0.488 e. The van der Waals surface area contributed by atoms with Gasteiger partial charge in [0.2, 0.25) is 11.8 Å². The molecule has 2 heterocycles. The molecule has 7 nitrogen and oxygen atoms in total. The molecule has 3 aliphatic rings. The fraction of sp³-hybridized carbons (Fsp3) is 0.619. The highest BCUT2D eigenvalue weighted by atomic mass is 16.5. The van der Waals surface area contributed by atoms with Gasteiger partial charge in [0.1, 0.15) is 11.9 Å². The summed E-state index contributed by atoms with van der Waals surface area (Å²) in [5.41, 5.74) is 1.21. The normalized spacial score (nSPS) is 23.5. The fourth-order valence-corrected chi connectivity index (χ4v) is 3.88. The van der Waals surface area contributed by atoms with Crippen LogP contribution in [0.3, 0.4) is 0 Å². The van der Waals surface area contributed by atoms with Gasteiger partial charge < -0.3 is 15.4 Å². The first-order valence-electron chi connectivity index (χ1n) is 10.4. The molecule has 0 spiro atoms. The van der Waals surface area contributed by atoms with Crippen molar-refractivity contribution in [3.05, 3.63) is 29.8 Å². The highest BCUT2D eigenvalue weighted by Crippen LogP contribution is 2.27. The standard InChI is InChI=1S/C21H30N4O3/c1-15(21(27)23-17-6-7-17)25-10-8-24(9-11-25)14-20(26)22-13-18-12-16-4-2-3-5-19(16)28-18/h2-5,15,17-18H,6-14H2,1H3,(H,22,26)(H,23,27). The van der Waals surface area contributed by atoms with E-state index in [0.717, 1.165) is 51.2 Å². The lowest BCUT2D eigenvalue weighted by molar-refractivity contribution is -0.128. The van der Waals surface area contributed by atoms with Crippen molar-refractivity contribution in [1.29, 1.82) is 0 Å². The van der Waals surface area contributed by atoms with E-state index in [2.05, 4.69) is 26.5 Å². The first-order valence-corrected chi connectivity index (χ1v) is 10.4. The number of amides is 2. The third kappa shape index (κ3) is 4.83. The molecule has 152 valence electrons. The number of carbonyl (C=O) groups excluding carboxylic acids is 2. The van der Waals surface area contributed by atoms with Crippen LogP contribution >= 0.6 is 0 Å². The number of fused-ring (bicyclic) bond motifs is 1. The maximum Gasteiger partial charge on any atom is 0.237 e. The molecule has 2 unspecified atom stereocenters. The van der Waals surface area contributed by atoms with Crippen molar-refractivity contribution in [3.8, 4) is 5.75 Å². The Morgan fingerprint density at radius 2 is 1.93 bits per heavy atom. The molecule has 0 aromatic heterocycles. The number of nitrogens with one attached hydrogen (secondary N) is 2. The van der Waals surface area contributed by atoms with Gasteiger partial charge in [0.25, 0.3) is 0 Å². The highest BCUT2D eigenvalue weighted by molar-refractivity contribution is 5.82. The summed E-state index contributed by atoms with van der Waals surface area (Å²) in [6.07, 6.45) is 3.08. The molecule has 1 saturated carbocycles. The maximum absolute atomic E-state index is 12.3. The second-order valence-electron chi connectivity index (χ2n) is 8.13. The topological polar surface area (TPSA) is 73.9 Å². The van der Waals surface area contributed by atoms with Crippen LogP contribution < -0.4 is 15.4 Å². The molecule has 0 radical (unpaired) electrons. The minimum atomic E-state index is -0.0993. The Kier molecular flexibility index (Phi) is 5.82. The van der Waals surface area contributed by atoms with E-state index in [1.165, 1.54) is 5.56 Å². The Bertz CT molecular complexity index is 688. The van der Waals surface area contributed by atoms with E-state index < -0.39 is 0 Å². The van der Waals surface area contributed by atoms with Crippen molar-refractivity contribution < 1.29 is 14.3 Å². The molecule has 7 heteroatoms. The number of ether oxygens (including phenoxy) is 1. The molecule has 1 aromatic carbocycles. The first-order chi connectivity index (χ1) is 13.6. The lowest BCUT2D eigenvalue weighted by Crippen LogP contribution is -2.55. The van der Waals surface area contributed by atoms with Gasteiger partial charge in [-0.15, -0.1) is 0 Å². The van der Waals surface area contributed by atoms with E-state index in [4.69, 9.17) is 4.74 Å². The molecular formula is C21H30N4O3. The summed E-state index contributed by atoms with van der Waals surface area (Å²) in [5.74, 6) is 1.09. The molecule has 0 bridgehead atoms. The van der Waals surface area contributed by atoms with Crippen molar-refractivity contribution >= 4 is 11.8 Å². The molecule has 2 fully saturated rings. The fourth-order valence-electron chi connectivity index (χ4n) is 3.88. The summed E-state index contributed by atoms with van der Waals surface area (Å²) in [4.78, 5) is 28.9. The molecule has 4 rings (SSSR count). The lowest BCUT2D eigenvalue weighted by atomic mass is 10.1. The number of para-hydroxylation sites is 1. The number of hydrogen-bond acceptors (Lipinski definition) is 5. The van der Waals surface area contributed by atoms with Crippen molar-refractivity contribution in [2.75, 3.05) is 39.3 Å². The molecule has 2 amide bonds. The number of benzene rings is 1. The van der Waals surface area contributed by atoms with Gasteiger partial charge in [0.15, 0.2) is 0 Å². The summed E-state index contributed by atoms with van der Waals surface area (Å²) in [6.45, 7) is 6.14. The van der Waals surface area contributed by atoms with Crippen molar-refractivity contribution in [3.63, 3.8) is 0 Å². The van der Waals surface area contributed by atoms with E-state index in [-0.39, 0.29) is 24.0 Å². The van der Waals surface area contributed by atoms with Gasteiger partial charge >= 0.3 is 0 Å². The van der Waals surface area contributed by atoms with E-state index in [0.29, 0.717) is 19.1 Å². The quantitative estimate of drug-likeness (QED) is 0.709. The van der Waals surface area contributed by atoms with Crippen molar-refractivity contribution in [2.24, 2.45) is 0 Å². The van der Waals surface area contributed by atoms with Gasteiger partial charge in [-0.2, -0.15) is 0 Å². The second-order valence-corrected chi connectivity index (χ2v) is 8.13. The summed E-state index contributed by atoms with van der Waals surface area (Å²) >= 11 is 0. The van der Waals surface area contributed by atoms with E-state index in [1.54, 1.807) is 0 Å². The van der Waals surface area contributed by atoms with Gasteiger partial charge in [-0.1, -0.05) is 18.2 Å². The zero-order chi connectivity index (χ0) is 19.5. The number of piperazine rings is 1. The zero-order valence-corrected chi connectivity index (χ0v) is 16.5. The number of nitrogens with zero attached hydrogens (tertiary/aromatic N) is 2. The molecule has 2 N–H and O–H groups in total. The molecule has 2 aliphatic heterocycles. The Balaban J connectivity index is 1.14. The predicted molar refractivity (Wildman–Crippen MR) is 106 cm³/mol. The van der Waals surface area contributed by atoms with Gasteiger partial charge in [0, 0.05) is 38.6 Å². The summed E-state index contributed by atoms with van der Waals surface area (Å²) in [5, 5.41) is 6.08. The largest absolute Gasteiger partial charge is 0.488 e. The highest BCUT2D eigenvalue weighted by Gasteiger charge is 2.30. The van der Waals surface area contributed by atoms with Crippen LogP contribution in [0.1, 0.15) is 25.3 Å². The van der Waals surface area contributed by atoms with Crippen LogP contribution in [0.2, 0.25) is 0 Å². The second kappa shape index (κ2) is 8.49. The summed E-state index contributed by atoms with van der Waals surface area (Å²) < 4.78 is 5.87. The van der Waals surface area contributed by atoms with Gasteiger partial charge in [-0.25, -0.2) is 0 Å². The Morgan fingerprint density at radius 3 is 2.64 bits per heavy atom. The van der Waals surface area contributed by atoms with Crippen LogP contribution in [0, 0.1) is 0 Å². The number of carbonyl (C=O) groups is 2. The molecular weight excluding hydrogens is 356 g/mol. The average Bonchev–Trinajstić information content (AvgIpc) is 3.41. The van der Waals surface area contributed by atoms with Crippen molar-refractivity contribution in [1.82, 2.24) is 20.4 Å². The van der Waals surface area contributed by atoms with E-state index >= 15 is 0 Å². The van der Waals surface area contributed by atoms with E-state index in [9.17, 15) is 9.59 Å². The van der Waals surface area contributed by atoms with Gasteiger partial charge in [0.05, 0.1) is 19.1 Å².